The number of benzene rings is 2. The van der Waals surface area contributed by atoms with E-state index in [-0.39, 0.29) is 18.0 Å². The standard InChI is InChI=1S/C28H29F2N3O3/c29-24-10-8-22(25(30)16-24)18-32-13-4-2-1-3-5-14-33(27(34)21-7-6-12-31-17-21)26-11-9-20(28(35)36)15-23(26)19-32/h6-12,15-17H,1-5,13-14,18-19H2,(H,35,36). The molecule has 6 nitrogen and oxygen atoms in total. The van der Waals surface area contributed by atoms with Gasteiger partial charge in [-0.15, -0.1) is 0 Å². The summed E-state index contributed by atoms with van der Waals surface area (Å²) in [4.78, 5) is 33.1. The monoisotopic (exact) mass is 493 g/mol. The molecular weight excluding hydrogens is 464 g/mol. The van der Waals surface area contributed by atoms with Crippen LogP contribution in [0.1, 0.15) is 63.9 Å². The van der Waals surface area contributed by atoms with Gasteiger partial charge in [-0.25, -0.2) is 13.6 Å². The molecule has 36 heavy (non-hydrogen) atoms. The Morgan fingerprint density at radius 3 is 2.42 bits per heavy atom. The second kappa shape index (κ2) is 11.9. The van der Waals surface area contributed by atoms with Crippen LogP contribution >= 0.6 is 0 Å². The van der Waals surface area contributed by atoms with Crippen molar-refractivity contribution in [3.05, 3.63) is 94.8 Å². The van der Waals surface area contributed by atoms with Gasteiger partial charge in [0.15, 0.2) is 0 Å². The zero-order valence-electron chi connectivity index (χ0n) is 20.0. The molecule has 1 aromatic heterocycles. The van der Waals surface area contributed by atoms with Gasteiger partial charge >= 0.3 is 5.97 Å². The topological polar surface area (TPSA) is 73.7 Å². The number of hydrogen-bond acceptors (Lipinski definition) is 4. The molecule has 2 aromatic carbocycles. The van der Waals surface area contributed by atoms with Crippen LogP contribution in [0.25, 0.3) is 0 Å². The van der Waals surface area contributed by atoms with Gasteiger partial charge in [0.25, 0.3) is 5.91 Å². The number of pyridine rings is 1. The maximum Gasteiger partial charge on any atom is 0.335 e. The Bertz CT molecular complexity index is 1220. The van der Waals surface area contributed by atoms with Crippen molar-refractivity contribution in [2.24, 2.45) is 0 Å². The van der Waals surface area contributed by atoms with Crippen LogP contribution in [0, 0.1) is 11.6 Å². The molecule has 0 atom stereocenters. The van der Waals surface area contributed by atoms with E-state index >= 15 is 0 Å². The molecule has 0 radical (unpaired) electrons. The van der Waals surface area contributed by atoms with Crippen LogP contribution in [0.5, 0.6) is 0 Å². The Kier molecular flexibility index (Phi) is 8.38. The van der Waals surface area contributed by atoms with Crippen molar-refractivity contribution < 1.29 is 23.5 Å². The molecular formula is C28H29F2N3O3. The quantitative estimate of drug-likeness (QED) is 0.507. The number of halogens is 2. The molecule has 1 aliphatic heterocycles. The van der Waals surface area contributed by atoms with E-state index < -0.39 is 17.6 Å². The molecule has 0 aliphatic carbocycles. The average Bonchev–Trinajstić information content (AvgIpc) is 2.86. The van der Waals surface area contributed by atoms with E-state index in [4.69, 9.17) is 0 Å². The van der Waals surface area contributed by atoms with E-state index in [0.29, 0.717) is 42.0 Å². The Morgan fingerprint density at radius 2 is 1.69 bits per heavy atom. The molecule has 1 N–H and O–H groups in total. The van der Waals surface area contributed by atoms with Gasteiger partial charge in [0, 0.05) is 49.3 Å². The number of aromatic carboxylic acids is 1. The predicted octanol–water partition coefficient (Wildman–Crippen LogP) is 5.67. The van der Waals surface area contributed by atoms with Gasteiger partial charge in [0.1, 0.15) is 11.6 Å². The highest BCUT2D eigenvalue weighted by molar-refractivity contribution is 6.06. The molecule has 3 aromatic rings. The van der Waals surface area contributed by atoms with E-state index in [1.54, 1.807) is 35.4 Å². The second-order valence-corrected chi connectivity index (χ2v) is 9.06. The van der Waals surface area contributed by atoms with E-state index in [2.05, 4.69) is 4.98 Å². The lowest BCUT2D eigenvalue weighted by Crippen LogP contribution is -2.34. The highest BCUT2D eigenvalue weighted by Gasteiger charge is 2.23. The molecule has 0 saturated heterocycles. The van der Waals surface area contributed by atoms with Crippen LogP contribution in [-0.4, -0.2) is 40.0 Å². The number of carboxylic acids is 1. The van der Waals surface area contributed by atoms with Crippen molar-refractivity contribution in [3.8, 4) is 0 Å². The summed E-state index contributed by atoms with van der Waals surface area (Å²) in [6.07, 6.45) is 7.79. The predicted molar refractivity (Wildman–Crippen MR) is 133 cm³/mol. The lowest BCUT2D eigenvalue weighted by molar-refractivity contribution is 0.0696. The third-order valence-electron chi connectivity index (χ3n) is 6.43. The van der Waals surface area contributed by atoms with Crippen molar-refractivity contribution in [1.82, 2.24) is 9.88 Å². The Labute approximate surface area is 209 Å². The summed E-state index contributed by atoms with van der Waals surface area (Å²) in [5.41, 5.74) is 2.21. The van der Waals surface area contributed by atoms with Gasteiger partial charge < -0.3 is 10.0 Å². The number of aromatic nitrogens is 1. The summed E-state index contributed by atoms with van der Waals surface area (Å²) < 4.78 is 27.9. The first-order chi connectivity index (χ1) is 17.4. The number of carbonyl (C=O) groups excluding carboxylic acids is 1. The maximum atomic E-state index is 14.5. The number of amides is 1. The van der Waals surface area contributed by atoms with Gasteiger partial charge in [0.05, 0.1) is 11.1 Å². The van der Waals surface area contributed by atoms with Gasteiger partial charge in [-0.3, -0.25) is 14.7 Å². The fourth-order valence-electron chi connectivity index (χ4n) is 4.57. The van der Waals surface area contributed by atoms with Crippen molar-refractivity contribution >= 4 is 17.6 Å². The lowest BCUT2D eigenvalue weighted by atomic mass is 10.0. The third-order valence-corrected chi connectivity index (χ3v) is 6.43. The molecule has 1 amide bonds. The molecule has 0 bridgehead atoms. The highest BCUT2D eigenvalue weighted by Crippen LogP contribution is 2.28. The Hall–Kier alpha value is -3.65. The number of fused-ring (bicyclic) bond motifs is 1. The zero-order valence-corrected chi connectivity index (χ0v) is 20.0. The van der Waals surface area contributed by atoms with E-state index in [9.17, 15) is 23.5 Å². The number of carbonyl (C=O) groups is 2. The molecule has 188 valence electrons. The van der Waals surface area contributed by atoms with Gasteiger partial charge in [-0.05, 0) is 61.3 Å². The average molecular weight is 494 g/mol. The Balaban J connectivity index is 1.74. The summed E-state index contributed by atoms with van der Waals surface area (Å²) in [6, 6.07) is 11.7. The summed E-state index contributed by atoms with van der Waals surface area (Å²) in [5.74, 6) is -2.52. The minimum Gasteiger partial charge on any atom is -0.478 e. The van der Waals surface area contributed by atoms with E-state index in [0.717, 1.165) is 38.2 Å². The molecule has 8 heteroatoms. The summed E-state index contributed by atoms with van der Waals surface area (Å²) >= 11 is 0. The minimum absolute atomic E-state index is 0.113. The number of nitrogens with zero attached hydrogens (tertiary/aromatic N) is 3. The number of hydrogen-bond donors (Lipinski definition) is 1. The molecule has 0 saturated carbocycles. The van der Waals surface area contributed by atoms with E-state index in [1.807, 2.05) is 4.90 Å². The third kappa shape index (κ3) is 6.31. The van der Waals surface area contributed by atoms with Crippen LogP contribution in [0.4, 0.5) is 14.5 Å². The largest absolute Gasteiger partial charge is 0.478 e. The van der Waals surface area contributed by atoms with Gasteiger partial charge in [0.2, 0.25) is 0 Å². The first-order valence-corrected chi connectivity index (χ1v) is 12.2. The maximum absolute atomic E-state index is 14.5. The molecule has 0 unspecified atom stereocenters. The normalized spacial score (nSPS) is 15.4. The second-order valence-electron chi connectivity index (χ2n) is 9.06. The SMILES string of the molecule is O=C(O)c1ccc2c(c1)CN(Cc1ccc(F)cc1F)CCCCCCCN2C(=O)c1cccnc1. The van der Waals surface area contributed by atoms with Crippen LogP contribution in [-0.2, 0) is 13.1 Å². The smallest absolute Gasteiger partial charge is 0.335 e. The highest BCUT2D eigenvalue weighted by atomic mass is 19.1. The number of carboxylic acid groups (broad SMARTS) is 1. The molecule has 2 heterocycles. The minimum atomic E-state index is -1.06. The number of rotatable bonds is 4. The van der Waals surface area contributed by atoms with Gasteiger partial charge in [-0.2, -0.15) is 0 Å². The zero-order chi connectivity index (χ0) is 25.5. The van der Waals surface area contributed by atoms with Crippen molar-refractivity contribution in [1.29, 1.82) is 0 Å². The molecule has 4 rings (SSSR count). The van der Waals surface area contributed by atoms with Crippen molar-refractivity contribution in [3.63, 3.8) is 0 Å². The van der Waals surface area contributed by atoms with Crippen LogP contribution < -0.4 is 4.90 Å². The van der Waals surface area contributed by atoms with Crippen LogP contribution in [0.2, 0.25) is 0 Å². The Morgan fingerprint density at radius 1 is 0.917 bits per heavy atom. The first-order valence-electron chi connectivity index (χ1n) is 12.2. The number of anilines is 1. The fraction of sp³-hybridized carbons (Fsp3) is 0.321. The summed E-state index contributed by atoms with van der Waals surface area (Å²) in [7, 11) is 0. The lowest BCUT2D eigenvalue weighted by Gasteiger charge is -2.30. The van der Waals surface area contributed by atoms with Crippen LogP contribution in [0.3, 0.4) is 0 Å². The summed E-state index contributed by atoms with van der Waals surface area (Å²) in [5, 5.41) is 9.62. The van der Waals surface area contributed by atoms with Crippen molar-refractivity contribution in [2.75, 3.05) is 18.0 Å². The molecule has 0 spiro atoms. The van der Waals surface area contributed by atoms with Crippen LogP contribution in [0.15, 0.2) is 60.9 Å². The van der Waals surface area contributed by atoms with Gasteiger partial charge in [-0.1, -0.05) is 25.3 Å². The fourth-order valence-corrected chi connectivity index (χ4v) is 4.57. The first kappa shape index (κ1) is 25.4. The molecule has 1 aliphatic rings. The van der Waals surface area contributed by atoms with E-state index in [1.165, 1.54) is 24.4 Å². The van der Waals surface area contributed by atoms with Crippen molar-refractivity contribution in [2.45, 2.75) is 45.2 Å². The molecule has 0 fully saturated rings. The summed E-state index contributed by atoms with van der Waals surface area (Å²) in [6.45, 7) is 1.69.